The third-order valence-electron chi connectivity index (χ3n) is 3.31. The smallest absolute Gasteiger partial charge is 0.274 e. The molecule has 0 bridgehead atoms. The highest BCUT2D eigenvalue weighted by atomic mass is 32.1. The topological polar surface area (TPSA) is 54.6 Å². The van der Waals surface area contributed by atoms with Gasteiger partial charge in [0, 0.05) is 0 Å². The number of benzene rings is 2. The van der Waals surface area contributed by atoms with Crippen molar-refractivity contribution in [3.8, 4) is 5.75 Å². The minimum atomic E-state index is -0.0768. The van der Waals surface area contributed by atoms with Crippen molar-refractivity contribution in [1.82, 2.24) is 9.38 Å². The van der Waals surface area contributed by atoms with E-state index >= 15 is 0 Å². The summed E-state index contributed by atoms with van der Waals surface area (Å²) in [6, 6.07) is 14.4. The number of aromatic nitrogens is 2. The zero-order valence-electron chi connectivity index (χ0n) is 10.9. The van der Waals surface area contributed by atoms with E-state index in [1.165, 1.54) is 11.3 Å². The molecule has 4 aromatic rings. The van der Waals surface area contributed by atoms with Crippen LogP contribution >= 0.6 is 11.3 Å². The Bertz CT molecular complexity index is 1080. The van der Waals surface area contributed by atoms with Gasteiger partial charge in [-0.1, -0.05) is 35.6 Å². The van der Waals surface area contributed by atoms with Crippen LogP contribution < -0.4 is 10.1 Å². The van der Waals surface area contributed by atoms with Crippen LogP contribution in [0, 0.1) is 0 Å². The van der Waals surface area contributed by atoms with Gasteiger partial charge in [0.25, 0.3) is 5.56 Å². The van der Waals surface area contributed by atoms with Crippen molar-refractivity contribution in [2.45, 2.75) is 0 Å². The minimum Gasteiger partial charge on any atom is -0.508 e. The van der Waals surface area contributed by atoms with E-state index in [4.69, 9.17) is 0 Å². The maximum absolute atomic E-state index is 12.5. The van der Waals surface area contributed by atoms with E-state index in [2.05, 4.69) is 4.98 Å². The zero-order chi connectivity index (χ0) is 14.4. The predicted octanol–water partition coefficient (Wildman–Crippen LogP) is 2.16. The molecule has 4 rings (SSSR count). The lowest BCUT2D eigenvalue weighted by molar-refractivity contribution is 0.475. The quantitative estimate of drug-likeness (QED) is 0.585. The van der Waals surface area contributed by atoms with Crippen LogP contribution in [0.3, 0.4) is 0 Å². The molecule has 102 valence electrons. The first kappa shape index (κ1) is 12.1. The molecule has 5 heteroatoms. The van der Waals surface area contributed by atoms with E-state index in [0.29, 0.717) is 9.49 Å². The van der Waals surface area contributed by atoms with Gasteiger partial charge in [0.05, 0.1) is 15.6 Å². The summed E-state index contributed by atoms with van der Waals surface area (Å²) in [5, 5.41) is 9.49. The molecule has 0 aliphatic rings. The van der Waals surface area contributed by atoms with Crippen molar-refractivity contribution >= 4 is 33.4 Å². The van der Waals surface area contributed by atoms with Gasteiger partial charge in [-0.3, -0.25) is 4.79 Å². The molecule has 0 aliphatic heterocycles. The summed E-state index contributed by atoms with van der Waals surface area (Å²) in [5.41, 5.74) is 2.36. The molecule has 0 saturated heterocycles. The van der Waals surface area contributed by atoms with Gasteiger partial charge in [-0.15, -0.1) is 0 Å². The summed E-state index contributed by atoms with van der Waals surface area (Å²) in [6.45, 7) is 0. The van der Waals surface area contributed by atoms with E-state index in [1.54, 1.807) is 28.7 Å². The second kappa shape index (κ2) is 4.43. The van der Waals surface area contributed by atoms with Crippen molar-refractivity contribution in [2.75, 3.05) is 0 Å². The number of hydrogen-bond acceptors (Lipinski definition) is 4. The molecule has 0 saturated carbocycles. The van der Waals surface area contributed by atoms with E-state index in [1.807, 2.05) is 30.3 Å². The summed E-state index contributed by atoms with van der Waals surface area (Å²) in [5.74, 6) is 0.183. The van der Waals surface area contributed by atoms with Crippen molar-refractivity contribution in [2.24, 2.45) is 0 Å². The summed E-state index contributed by atoms with van der Waals surface area (Å²) in [4.78, 5) is 17.7. The number of rotatable bonds is 1. The first-order valence-corrected chi connectivity index (χ1v) is 7.25. The van der Waals surface area contributed by atoms with Gasteiger partial charge in [0.2, 0.25) is 0 Å². The average Bonchev–Trinajstić information content (AvgIpc) is 2.97. The number of imidazole rings is 1. The Hall–Kier alpha value is -2.66. The molecule has 0 spiro atoms. The number of phenolic OH excluding ortho intramolecular Hbond substituents is 1. The Kier molecular flexibility index (Phi) is 2.55. The molecule has 0 fully saturated rings. The normalized spacial score (nSPS) is 12.5. The number of nitrogens with zero attached hydrogens (tertiary/aromatic N) is 2. The SMILES string of the molecule is O=c1c(=Cc2cccc(O)c2)sc2nc3ccccc3n12. The van der Waals surface area contributed by atoms with Crippen LogP contribution in [0.1, 0.15) is 5.56 Å². The maximum atomic E-state index is 12.5. The third kappa shape index (κ3) is 1.90. The minimum absolute atomic E-state index is 0.0768. The van der Waals surface area contributed by atoms with Crippen LogP contribution in [0.15, 0.2) is 53.3 Å². The molecular weight excluding hydrogens is 284 g/mol. The lowest BCUT2D eigenvalue weighted by atomic mass is 10.2. The van der Waals surface area contributed by atoms with Crippen LogP contribution in [0.4, 0.5) is 0 Å². The van der Waals surface area contributed by atoms with Crippen molar-refractivity contribution in [3.63, 3.8) is 0 Å². The molecule has 1 N–H and O–H groups in total. The van der Waals surface area contributed by atoms with Crippen molar-refractivity contribution < 1.29 is 5.11 Å². The predicted molar refractivity (Wildman–Crippen MR) is 83.7 cm³/mol. The molecule has 0 amide bonds. The maximum Gasteiger partial charge on any atom is 0.274 e. The zero-order valence-corrected chi connectivity index (χ0v) is 11.7. The van der Waals surface area contributed by atoms with Gasteiger partial charge in [0.15, 0.2) is 4.96 Å². The highest BCUT2D eigenvalue weighted by molar-refractivity contribution is 7.15. The molecule has 2 heterocycles. The number of aromatic hydroxyl groups is 1. The monoisotopic (exact) mass is 294 g/mol. The Balaban J connectivity index is 2.03. The van der Waals surface area contributed by atoms with E-state index in [-0.39, 0.29) is 11.3 Å². The Morgan fingerprint density at radius 2 is 2.00 bits per heavy atom. The number of thiazole rings is 1. The first-order chi connectivity index (χ1) is 10.2. The number of hydrogen-bond donors (Lipinski definition) is 1. The molecule has 0 aliphatic carbocycles. The first-order valence-electron chi connectivity index (χ1n) is 6.43. The van der Waals surface area contributed by atoms with Crippen LogP contribution in [0.5, 0.6) is 5.75 Å². The third-order valence-corrected chi connectivity index (χ3v) is 4.28. The highest BCUT2D eigenvalue weighted by Crippen LogP contribution is 2.16. The molecule has 4 nitrogen and oxygen atoms in total. The molecule has 0 unspecified atom stereocenters. The van der Waals surface area contributed by atoms with E-state index in [0.717, 1.165) is 16.6 Å². The van der Waals surface area contributed by atoms with Gasteiger partial charge >= 0.3 is 0 Å². The van der Waals surface area contributed by atoms with Gasteiger partial charge < -0.3 is 5.11 Å². The van der Waals surface area contributed by atoms with Gasteiger partial charge in [-0.25, -0.2) is 9.38 Å². The molecule has 2 aromatic carbocycles. The van der Waals surface area contributed by atoms with Crippen LogP contribution in [-0.2, 0) is 0 Å². The van der Waals surface area contributed by atoms with Gasteiger partial charge in [-0.05, 0) is 35.9 Å². The second-order valence-corrected chi connectivity index (χ2v) is 5.74. The fourth-order valence-electron chi connectivity index (χ4n) is 2.38. The number of fused-ring (bicyclic) bond motifs is 3. The summed E-state index contributed by atoms with van der Waals surface area (Å²) in [6.07, 6.45) is 1.77. The Morgan fingerprint density at radius 3 is 2.86 bits per heavy atom. The van der Waals surface area contributed by atoms with E-state index in [9.17, 15) is 9.90 Å². The Labute approximate surface area is 123 Å². The molecule has 21 heavy (non-hydrogen) atoms. The van der Waals surface area contributed by atoms with Gasteiger partial charge in [-0.2, -0.15) is 0 Å². The standard InChI is InChI=1S/C16H10N2O2S/c19-11-5-3-4-10(8-11)9-14-15(20)18-13-7-2-1-6-12(13)17-16(18)21-14/h1-9,19H. The largest absolute Gasteiger partial charge is 0.508 e. The lowest BCUT2D eigenvalue weighted by Crippen LogP contribution is -2.22. The van der Waals surface area contributed by atoms with E-state index < -0.39 is 0 Å². The fourth-order valence-corrected chi connectivity index (χ4v) is 3.36. The Morgan fingerprint density at radius 1 is 1.14 bits per heavy atom. The lowest BCUT2D eigenvalue weighted by Gasteiger charge is -1.92. The second-order valence-electron chi connectivity index (χ2n) is 4.73. The fraction of sp³-hybridized carbons (Fsp3) is 0. The molecular formula is C16H10N2O2S. The molecule has 0 radical (unpaired) electrons. The summed E-state index contributed by atoms with van der Waals surface area (Å²) in [7, 11) is 0. The van der Waals surface area contributed by atoms with Crippen molar-refractivity contribution in [1.29, 1.82) is 0 Å². The summed E-state index contributed by atoms with van der Waals surface area (Å²) < 4.78 is 2.24. The van der Waals surface area contributed by atoms with Gasteiger partial charge in [0.1, 0.15) is 5.75 Å². The highest BCUT2D eigenvalue weighted by Gasteiger charge is 2.10. The summed E-state index contributed by atoms with van der Waals surface area (Å²) >= 11 is 1.35. The average molecular weight is 294 g/mol. The number of phenols is 1. The van der Waals surface area contributed by atoms with Crippen LogP contribution in [-0.4, -0.2) is 14.5 Å². The van der Waals surface area contributed by atoms with Crippen LogP contribution in [0.2, 0.25) is 0 Å². The van der Waals surface area contributed by atoms with Crippen molar-refractivity contribution in [3.05, 3.63) is 69.0 Å². The molecule has 2 aromatic heterocycles. The van der Waals surface area contributed by atoms with Crippen LogP contribution in [0.25, 0.3) is 22.1 Å². The molecule has 0 atom stereocenters. The number of para-hydroxylation sites is 2.